The third-order valence-electron chi connectivity index (χ3n) is 3.34. The van der Waals surface area contributed by atoms with Gasteiger partial charge in [-0.15, -0.1) is 5.10 Å². The number of halogens is 1. The van der Waals surface area contributed by atoms with Crippen LogP contribution in [0, 0.1) is 5.82 Å². The van der Waals surface area contributed by atoms with E-state index in [1.165, 1.54) is 35.1 Å². The van der Waals surface area contributed by atoms with Crippen LogP contribution in [0.2, 0.25) is 0 Å². The molecule has 2 amide bonds. The Balaban J connectivity index is 1.95. The molecule has 0 radical (unpaired) electrons. The van der Waals surface area contributed by atoms with E-state index in [0.29, 0.717) is 5.69 Å². The fraction of sp³-hybridized carbons (Fsp3) is 0.444. The maximum absolute atomic E-state index is 13.0. The number of nitrogens with one attached hydrogen (secondary N) is 2. The molecule has 2 aromatic rings. The summed E-state index contributed by atoms with van der Waals surface area (Å²) in [6.45, 7) is 8.98. The molecule has 0 saturated carbocycles. The number of carbonyl (C=O) groups excluding carboxylic acids is 2. The lowest BCUT2D eigenvalue weighted by Crippen LogP contribution is -2.52. The summed E-state index contributed by atoms with van der Waals surface area (Å²) in [6.07, 6.45) is 0.882. The number of ether oxygens (including phenoxy) is 1. The molecule has 1 aromatic heterocycles. The van der Waals surface area contributed by atoms with Crippen molar-refractivity contribution in [2.24, 2.45) is 0 Å². The summed E-state index contributed by atoms with van der Waals surface area (Å²) in [4.78, 5) is 24.1. The van der Waals surface area contributed by atoms with E-state index in [9.17, 15) is 14.0 Å². The molecule has 1 aromatic carbocycles. The Morgan fingerprint density at radius 1 is 1.15 bits per heavy atom. The molecular weight excluding hydrogens is 353 g/mol. The van der Waals surface area contributed by atoms with E-state index in [0.717, 1.165) is 0 Å². The topological polar surface area (TPSA) is 98.1 Å². The highest BCUT2D eigenvalue weighted by molar-refractivity contribution is 5.92. The van der Waals surface area contributed by atoms with Gasteiger partial charge in [-0.2, -0.15) is 0 Å². The van der Waals surface area contributed by atoms with Crippen LogP contribution in [-0.2, 0) is 4.74 Å². The fourth-order valence-corrected chi connectivity index (χ4v) is 2.11. The molecule has 0 aliphatic rings. The largest absolute Gasteiger partial charge is 0.444 e. The molecule has 0 spiro atoms. The van der Waals surface area contributed by atoms with Gasteiger partial charge in [0.05, 0.1) is 17.4 Å². The number of hydrogen-bond donors (Lipinski definition) is 2. The van der Waals surface area contributed by atoms with E-state index < -0.39 is 23.1 Å². The Bertz CT molecular complexity index is 809. The molecule has 0 atom stereocenters. The second-order valence-electron chi connectivity index (χ2n) is 7.72. The first-order valence-electron chi connectivity index (χ1n) is 8.43. The highest BCUT2D eigenvalue weighted by Crippen LogP contribution is 2.10. The van der Waals surface area contributed by atoms with Gasteiger partial charge in [0.1, 0.15) is 11.4 Å². The van der Waals surface area contributed by atoms with Crippen molar-refractivity contribution >= 4 is 12.0 Å². The van der Waals surface area contributed by atoms with Crippen LogP contribution in [0.25, 0.3) is 5.69 Å². The first-order valence-corrected chi connectivity index (χ1v) is 8.43. The van der Waals surface area contributed by atoms with Crippen molar-refractivity contribution < 1.29 is 18.7 Å². The zero-order chi connectivity index (χ0) is 20.2. The van der Waals surface area contributed by atoms with Crippen molar-refractivity contribution in [1.29, 1.82) is 0 Å². The van der Waals surface area contributed by atoms with Gasteiger partial charge in [0, 0.05) is 6.54 Å². The van der Waals surface area contributed by atoms with Crippen molar-refractivity contribution in [3.63, 3.8) is 0 Å². The second kappa shape index (κ2) is 7.73. The molecule has 0 unspecified atom stereocenters. The van der Waals surface area contributed by atoms with Crippen LogP contribution >= 0.6 is 0 Å². The van der Waals surface area contributed by atoms with Gasteiger partial charge in [0.2, 0.25) is 0 Å². The highest BCUT2D eigenvalue weighted by atomic mass is 19.1. The van der Waals surface area contributed by atoms with Crippen molar-refractivity contribution in [1.82, 2.24) is 25.6 Å². The van der Waals surface area contributed by atoms with E-state index in [4.69, 9.17) is 4.74 Å². The summed E-state index contributed by atoms with van der Waals surface area (Å²) in [6, 6.07) is 5.64. The number of benzene rings is 1. The Hall–Kier alpha value is -2.97. The Morgan fingerprint density at radius 3 is 2.37 bits per heavy atom. The quantitative estimate of drug-likeness (QED) is 0.834. The molecule has 9 heteroatoms. The number of alkyl carbamates (subject to hydrolysis) is 1. The number of aromatic nitrogens is 3. The zero-order valence-corrected chi connectivity index (χ0v) is 16.0. The van der Waals surface area contributed by atoms with Crippen LogP contribution in [0.3, 0.4) is 0 Å². The minimum atomic E-state index is -0.742. The molecule has 0 fully saturated rings. The molecule has 0 bridgehead atoms. The van der Waals surface area contributed by atoms with E-state index in [2.05, 4.69) is 20.9 Å². The lowest BCUT2D eigenvalue weighted by molar-refractivity contribution is 0.0509. The molecule has 1 heterocycles. The average molecular weight is 377 g/mol. The van der Waals surface area contributed by atoms with Crippen LogP contribution in [0.1, 0.15) is 45.1 Å². The number of nitrogens with zero attached hydrogens (tertiary/aromatic N) is 3. The molecule has 27 heavy (non-hydrogen) atoms. The van der Waals surface area contributed by atoms with Crippen molar-refractivity contribution in [3.05, 3.63) is 42.0 Å². The summed E-state index contributed by atoms with van der Waals surface area (Å²) >= 11 is 0. The van der Waals surface area contributed by atoms with Gasteiger partial charge in [-0.1, -0.05) is 5.21 Å². The molecule has 0 saturated heterocycles. The third kappa shape index (κ3) is 6.36. The lowest BCUT2D eigenvalue weighted by atomic mass is 10.1. The Labute approximate surface area is 157 Å². The number of hydrogen-bond acceptors (Lipinski definition) is 5. The minimum Gasteiger partial charge on any atom is -0.444 e. The normalized spacial score (nSPS) is 11.8. The zero-order valence-electron chi connectivity index (χ0n) is 16.0. The monoisotopic (exact) mass is 377 g/mol. The van der Waals surface area contributed by atoms with Gasteiger partial charge in [-0.3, -0.25) is 4.79 Å². The third-order valence-corrected chi connectivity index (χ3v) is 3.34. The van der Waals surface area contributed by atoms with Crippen molar-refractivity contribution in [3.8, 4) is 5.69 Å². The standard InChI is InChI=1S/C18H24FN5O3/c1-17(2,3)27-16(26)20-11-18(4,5)21-15(25)14-10-24(23-22-14)13-8-6-12(19)7-9-13/h6-10H,11H2,1-5H3,(H,20,26)(H,21,25). The van der Waals surface area contributed by atoms with Crippen LogP contribution < -0.4 is 10.6 Å². The van der Waals surface area contributed by atoms with Gasteiger partial charge in [-0.25, -0.2) is 13.9 Å². The van der Waals surface area contributed by atoms with E-state index in [1.54, 1.807) is 34.6 Å². The fourth-order valence-electron chi connectivity index (χ4n) is 2.11. The maximum atomic E-state index is 13.0. The smallest absolute Gasteiger partial charge is 0.407 e. The average Bonchev–Trinajstić information content (AvgIpc) is 3.02. The Morgan fingerprint density at radius 2 is 1.78 bits per heavy atom. The molecule has 2 N–H and O–H groups in total. The van der Waals surface area contributed by atoms with E-state index in [1.807, 2.05) is 0 Å². The second-order valence-corrected chi connectivity index (χ2v) is 7.72. The Kier molecular flexibility index (Phi) is 5.82. The molecule has 0 aliphatic carbocycles. The minimum absolute atomic E-state index is 0.102. The summed E-state index contributed by atoms with van der Waals surface area (Å²) in [7, 11) is 0. The molecule has 0 aliphatic heterocycles. The number of carbonyl (C=O) groups is 2. The SMILES string of the molecule is CC(C)(CNC(=O)OC(C)(C)C)NC(=O)c1cn(-c2ccc(F)cc2)nn1. The maximum Gasteiger partial charge on any atom is 0.407 e. The highest BCUT2D eigenvalue weighted by Gasteiger charge is 2.25. The summed E-state index contributed by atoms with van der Waals surface area (Å²) in [5.74, 6) is -0.810. The van der Waals surface area contributed by atoms with Crippen LogP contribution in [0.15, 0.2) is 30.5 Å². The number of amides is 2. The van der Waals surface area contributed by atoms with Gasteiger partial charge < -0.3 is 15.4 Å². The van der Waals surface area contributed by atoms with Crippen molar-refractivity contribution in [2.45, 2.75) is 45.8 Å². The first-order chi connectivity index (χ1) is 12.5. The first kappa shape index (κ1) is 20.3. The van der Waals surface area contributed by atoms with Crippen LogP contribution in [0.4, 0.5) is 9.18 Å². The van der Waals surface area contributed by atoms with E-state index >= 15 is 0 Å². The van der Waals surface area contributed by atoms with Gasteiger partial charge in [0.15, 0.2) is 5.69 Å². The molecule has 8 nitrogen and oxygen atoms in total. The summed E-state index contributed by atoms with van der Waals surface area (Å²) < 4.78 is 19.5. The lowest BCUT2D eigenvalue weighted by Gasteiger charge is -2.27. The molecular formula is C18H24FN5O3. The van der Waals surface area contributed by atoms with Gasteiger partial charge in [-0.05, 0) is 58.9 Å². The van der Waals surface area contributed by atoms with E-state index in [-0.39, 0.29) is 18.1 Å². The number of rotatable bonds is 5. The van der Waals surface area contributed by atoms with Gasteiger partial charge >= 0.3 is 6.09 Å². The molecule has 146 valence electrons. The van der Waals surface area contributed by atoms with Crippen LogP contribution in [0.5, 0.6) is 0 Å². The van der Waals surface area contributed by atoms with Crippen molar-refractivity contribution in [2.75, 3.05) is 6.54 Å². The summed E-state index contributed by atoms with van der Waals surface area (Å²) in [5, 5.41) is 13.1. The predicted octanol–water partition coefficient (Wildman–Crippen LogP) is 2.44. The van der Waals surface area contributed by atoms with Gasteiger partial charge in [0.25, 0.3) is 5.91 Å². The summed E-state index contributed by atoms with van der Waals surface area (Å²) in [5.41, 5.74) is -0.664. The molecule has 2 rings (SSSR count). The van der Waals surface area contributed by atoms with Crippen LogP contribution in [-0.4, -0.2) is 44.7 Å². The predicted molar refractivity (Wildman–Crippen MR) is 97.1 cm³/mol.